The molecule has 0 aliphatic heterocycles. The topological polar surface area (TPSA) is 50.2 Å². The second-order valence-electron chi connectivity index (χ2n) is 4.31. The van der Waals surface area contributed by atoms with Crippen LogP contribution >= 0.6 is 11.6 Å². The van der Waals surface area contributed by atoms with E-state index in [1.54, 1.807) is 12.4 Å². The number of carboxylic acids is 1. The van der Waals surface area contributed by atoms with Crippen molar-refractivity contribution in [2.75, 3.05) is 0 Å². The number of aliphatic carboxylic acids is 1. The number of carbonyl (C=O) groups is 1. The molecule has 1 saturated carbocycles. The Morgan fingerprint density at radius 3 is 3.06 bits per heavy atom. The molecule has 2 unspecified atom stereocenters. The van der Waals surface area contributed by atoms with E-state index in [0.29, 0.717) is 5.02 Å². The van der Waals surface area contributed by atoms with E-state index in [9.17, 15) is 4.79 Å². The minimum atomic E-state index is -0.673. The van der Waals surface area contributed by atoms with E-state index in [0.717, 1.165) is 31.2 Å². The second kappa shape index (κ2) is 4.83. The van der Waals surface area contributed by atoms with Gasteiger partial charge in [-0.05, 0) is 36.8 Å². The van der Waals surface area contributed by atoms with Crippen molar-refractivity contribution in [1.82, 2.24) is 4.98 Å². The summed E-state index contributed by atoms with van der Waals surface area (Å²) in [6, 6.07) is 1.87. The molecule has 1 heterocycles. The molecule has 1 aliphatic rings. The zero-order valence-corrected chi connectivity index (χ0v) is 9.65. The van der Waals surface area contributed by atoms with Crippen molar-refractivity contribution in [3.05, 3.63) is 29.0 Å². The fraction of sp³-hybridized carbons (Fsp3) is 0.500. The zero-order chi connectivity index (χ0) is 11.5. The number of pyridine rings is 1. The van der Waals surface area contributed by atoms with E-state index >= 15 is 0 Å². The summed E-state index contributed by atoms with van der Waals surface area (Å²) in [5.74, 6) is -0.658. The predicted octanol–water partition coefficient (Wildman–Crippen LogP) is 2.78. The van der Waals surface area contributed by atoms with Crippen molar-refractivity contribution in [3.63, 3.8) is 0 Å². The first kappa shape index (κ1) is 11.4. The van der Waals surface area contributed by atoms with Gasteiger partial charge < -0.3 is 5.11 Å². The third kappa shape index (κ3) is 2.35. The smallest absolute Gasteiger partial charge is 0.306 e. The quantitative estimate of drug-likeness (QED) is 0.883. The Labute approximate surface area is 99.5 Å². The fourth-order valence-electron chi connectivity index (χ4n) is 2.46. The van der Waals surface area contributed by atoms with Crippen LogP contribution < -0.4 is 0 Å². The van der Waals surface area contributed by atoms with Crippen molar-refractivity contribution in [1.29, 1.82) is 0 Å². The molecule has 0 aromatic carbocycles. The standard InChI is InChI=1S/C12H14ClNO2/c13-11-7-14-5-4-9(11)6-8-2-1-3-10(8)12(15)16/h4-5,7-8,10H,1-3,6H2,(H,15,16). The zero-order valence-electron chi connectivity index (χ0n) is 8.90. The van der Waals surface area contributed by atoms with Crippen molar-refractivity contribution in [3.8, 4) is 0 Å². The highest BCUT2D eigenvalue weighted by atomic mass is 35.5. The van der Waals surface area contributed by atoms with Gasteiger partial charge in [0.2, 0.25) is 0 Å². The van der Waals surface area contributed by atoms with E-state index in [1.807, 2.05) is 6.07 Å². The molecule has 0 spiro atoms. The highest BCUT2D eigenvalue weighted by Crippen LogP contribution is 2.35. The third-order valence-corrected chi connectivity index (χ3v) is 3.66. The van der Waals surface area contributed by atoms with Crippen LogP contribution in [0.1, 0.15) is 24.8 Å². The van der Waals surface area contributed by atoms with Gasteiger partial charge in [-0.15, -0.1) is 0 Å². The number of aromatic nitrogens is 1. The third-order valence-electron chi connectivity index (χ3n) is 3.31. The number of rotatable bonds is 3. The molecule has 1 fully saturated rings. The molecule has 1 aliphatic carbocycles. The molecule has 1 N–H and O–H groups in total. The van der Waals surface area contributed by atoms with Crippen LogP contribution in [0.25, 0.3) is 0 Å². The lowest BCUT2D eigenvalue weighted by Gasteiger charge is -2.16. The maximum absolute atomic E-state index is 11.0. The van der Waals surface area contributed by atoms with Crippen molar-refractivity contribution in [2.45, 2.75) is 25.7 Å². The molecule has 2 atom stereocenters. The Morgan fingerprint density at radius 1 is 1.56 bits per heavy atom. The van der Waals surface area contributed by atoms with E-state index in [-0.39, 0.29) is 11.8 Å². The molecule has 2 rings (SSSR count). The summed E-state index contributed by atoms with van der Waals surface area (Å²) in [6.07, 6.45) is 6.84. The molecule has 3 nitrogen and oxygen atoms in total. The van der Waals surface area contributed by atoms with Gasteiger partial charge in [-0.25, -0.2) is 0 Å². The summed E-state index contributed by atoms with van der Waals surface area (Å²) >= 11 is 6.02. The summed E-state index contributed by atoms with van der Waals surface area (Å²) in [4.78, 5) is 15.0. The molecule has 0 bridgehead atoms. The van der Waals surface area contributed by atoms with Crippen LogP contribution in [0.15, 0.2) is 18.5 Å². The fourth-order valence-corrected chi connectivity index (χ4v) is 2.65. The number of hydrogen-bond donors (Lipinski definition) is 1. The largest absolute Gasteiger partial charge is 0.481 e. The minimum absolute atomic E-state index is 0.204. The minimum Gasteiger partial charge on any atom is -0.481 e. The Hall–Kier alpha value is -1.09. The molecule has 0 radical (unpaired) electrons. The number of hydrogen-bond acceptors (Lipinski definition) is 2. The van der Waals surface area contributed by atoms with Gasteiger partial charge in [-0.2, -0.15) is 0 Å². The van der Waals surface area contributed by atoms with Crippen LogP contribution in [0.3, 0.4) is 0 Å². The lowest BCUT2D eigenvalue weighted by Crippen LogP contribution is -2.20. The maximum atomic E-state index is 11.0. The lowest BCUT2D eigenvalue weighted by atomic mass is 9.90. The van der Waals surface area contributed by atoms with Gasteiger partial charge in [0.1, 0.15) is 0 Å². The van der Waals surface area contributed by atoms with Crippen LogP contribution in [0.2, 0.25) is 5.02 Å². The predicted molar refractivity (Wildman–Crippen MR) is 61.4 cm³/mol. The van der Waals surface area contributed by atoms with E-state index in [4.69, 9.17) is 16.7 Å². The average molecular weight is 240 g/mol. The monoisotopic (exact) mass is 239 g/mol. The first-order chi connectivity index (χ1) is 7.68. The normalized spacial score (nSPS) is 24.6. The van der Waals surface area contributed by atoms with Gasteiger partial charge in [0, 0.05) is 12.4 Å². The second-order valence-corrected chi connectivity index (χ2v) is 4.71. The summed E-state index contributed by atoms with van der Waals surface area (Å²) < 4.78 is 0. The first-order valence-electron chi connectivity index (χ1n) is 5.49. The van der Waals surface area contributed by atoms with Crippen molar-refractivity contribution in [2.24, 2.45) is 11.8 Å². The molecule has 1 aromatic rings. The molecular formula is C12H14ClNO2. The molecule has 0 amide bonds. The highest BCUT2D eigenvalue weighted by molar-refractivity contribution is 6.31. The van der Waals surface area contributed by atoms with Gasteiger partial charge >= 0.3 is 5.97 Å². The van der Waals surface area contributed by atoms with Gasteiger partial charge in [0.05, 0.1) is 10.9 Å². The van der Waals surface area contributed by atoms with Crippen molar-refractivity contribution < 1.29 is 9.90 Å². The number of carboxylic acid groups (broad SMARTS) is 1. The van der Waals surface area contributed by atoms with Crippen LogP contribution in [0, 0.1) is 11.8 Å². The Bertz CT molecular complexity index is 394. The summed E-state index contributed by atoms with van der Waals surface area (Å²) in [5.41, 5.74) is 1.01. The van der Waals surface area contributed by atoms with E-state index < -0.39 is 5.97 Å². The van der Waals surface area contributed by atoms with Crippen LogP contribution in [-0.4, -0.2) is 16.1 Å². The van der Waals surface area contributed by atoms with Crippen molar-refractivity contribution >= 4 is 17.6 Å². The molecular weight excluding hydrogens is 226 g/mol. The number of nitrogens with zero attached hydrogens (tertiary/aromatic N) is 1. The van der Waals surface area contributed by atoms with Crippen LogP contribution in [0.4, 0.5) is 0 Å². The first-order valence-corrected chi connectivity index (χ1v) is 5.87. The van der Waals surface area contributed by atoms with Gasteiger partial charge in [0.25, 0.3) is 0 Å². The molecule has 0 saturated heterocycles. The molecule has 86 valence electrons. The van der Waals surface area contributed by atoms with Gasteiger partial charge in [0.15, 0.2) is 0 Å². The summed E-state index contributed by atoms with van der Waals surface area (Å²) in [6.45, 7) is 0. The Kier molecular flexibility index (Phi) is 3.44. The van der Waals surface area contributed by atoms with E-state index in [2.05, 4.69) is 4.98 Å². The highest BCUT2D eigenvalue weighted by Gasteiger charge is 2.32. The van der Waals surface area contributed by atoms with Gasteiger partial charge in [-0.3, -0.25) is 9.78 Å². The molecule has 4 heteroatoms. The Morgan fingerprint density at radius 2 is 2.38 bits per heavy atom. The van der Waals surface area contributed by atoms with E-state index in [1.165, 1.54) is 0 Å². The molecule has 1 aromatic heterocycles. The Balaban J connectivity index is 2.10. The molecule has 16 heavy (non-hydrogen) atoms. The van der Waals surface area contributed by atoms with Crippen LogP contribution in [0.5, 0.6) is 0 Å². The SMILES string of the molecule is O=C(O)C1CCCC1Cc1ccncc1Cl. The summed E-state index contributed by atoms with van der Waals surface area (Å²) in [5, 5.41) is 9.72. The van der Waals surface area contributed by atoms with Crippen LogP contribution in [-0.2, 0) is 11.2 Å². The number of halogens is 1. The lowest BCUT2D eigenvalue weighted by molar-refractivity contribution is -0.142. The average Bonchev–Trinajstić information content (AvgIpc) is 2.69. The summed E-state index contributed by atoms with van der Waals surface area (Å²) in [7, 11) is 0. The maximum Gasteiger partial charge on any atom is 0.306 e. The van der Waals surface area contributed by atoms with Gasteiger partial charge in [-0.1, -0.05) is 18.0 Å².